The zero-order chi connectivity index (χ0) is 21.2. The SMILES string of the molecule is CC(C)(C)OC(=O)N1CC(Nc2ncnc3c2cnn3COCC[Si](C)(C)C)C1. The number of nitrogens with one attached hydrogen (secondary N) is 1. The van der Waals surface area contributed by atoms with Crippen LogP contribution in [0.1, 0.15) is 20.8 Å². The largest absolute Gasteiger partial charge is 0.444 e. The maximum atomic E-state index is 12.1. The van der Waals surface area contributed by atoms with E-state index in [1.54, 1.807) is 15.8 Å². The Morgan fingerprint density at radius 3 is 2.66 bits per heavy atom. The number of amides is 1. The number of fused-ring (bicyclic) bond motifs is 1. The molecule has 1 N–H and O–H groups in total. The zero-order valence-corrected chi connectivity index (χ0v) is 19.2. The molecule has 0 saturated carbocycles. The van der Waals surface area contributed by atoms with Gasteiger partial charge in [-0.15, -0.1) is 0 Å². The maximum Gasteiger partial charge on any atom is 0.410 e. The minimum Gasteiger partial charge on any atom is -0.444 e. The Labute approximate surface area is 172 Å². The third-order valence-corrected chi connectivity index (χ3v) is 6.22. The number of hydrogen-bond acceptors (Lipinski definition) is 7. The van der Waals surface area contributed by atoms with E-state index in [0.717, 1.165) is 29.5 Å². The van der Waals surface area contributed by atoms with Crippen LogP contribution in [0.2, 0.25) is 25.7 Å². The molecule has 3 heterocycles. The smallest absolute Gasteiger partial charge is 0.410 e. The first-order chi connectivity index (χ1) is 13.5. The molecule has 1 fully saturated rings. The van der Waals surface area contributed by atoms with E-state index in [2.05, 4.69) is 40.0 Å². The summed E-state index contributed by atoms with van der Waals surface area (Å²) in [6.45, 7) is 14.8. The van der Waals surface area contributed by atoms with Crippen molar-refractivity contribution >= 4 is 31.0 Å². The lowest BCUT2D eigenvalue weighted by molar-refractivity contribution is 0.0105. The number of likely N-dealkylation sites (tertiary alicyclic amines) is 1. The van der Waals surface area contributed by atoms with E-state index in [1.165, 1.54) is 6.33 Å². The number of anilines is 1. The van der Waals surface area contributed by atoms with E-state index in [-0.39, 0.29) is 12.1 Å². The van der Waals surface area contributed by atoms with Crippen LogP contribution in [0.15, 0.2) is 12.5 Å². The number of ether oxygens (including phenoxy) is 2. The lowest BCUT2D eigenvalue weighted by Crippen LogP contribution is -2.58. The van der Waals surface area contributed by atoms with Gasteiger partial charge in [-0.1, -0.05) is 19.6 Å². The average molecular weight is 421 g/mol. The number of carbonyl (C=O) groups is 1. The highest BCUT2D eigenvalue weighted by atomic mass is 28.3. The Morgan fingerprint density at radius 1 is 1.28 bits per heavy atom. The molecular formula is C19H32N6O3Si. The van der Waals surface area contributed by atoms with Crippen LogP contribution in [0, 0.1) is 0 Å². The van der Waals surface area contributed by atoms with Crippen LogP contribution in [-0.2, 0) is 16.2 Å². The first kappa shape index (κ1) is 21.5. The monoisotopic (exact) mass is 420 g/mol. The number of rotatable bonds is 7. The van der Waals surface area contributed by atoms with Gasteiger partial charge in [0.15, 0.2) is 5.65 Å². The highest BCUT2D eigenvalue weighted by Crippen LogP contribution is 2.23. The molecule has 29 heavy (non-hydrogen) atoms. The summed E-state index contributed by atoms with van der Waals surface area (Å²) in [5, 5.41) is 8.63. The van der Waals surface area contributed by atoms with Crippen molar-refractivity contribution < 1.29 is 14.3 Å². The summed E-state index contributed by atoms with van der Waals surface area (Å²) in [7, 11) is -1.11. The molecule has 1 saturated heterocycles. The van der Waals surface area contributed by atoms with E-state index >= 15 is 0 Å². The average Bonchev–Trinajstić information content (AvgIpc) is 2.96. The molecule has 0 atom stereocenters. The Morgan fingerprint density at radius 2 is 2.00 bits per heavy atom. The van der Waals surface area contributed by atoms with Gasteiger partial charge in [-0.25, -0.2) is 19.4 Å². The van der Waals surface area contributed by atoms with Gasteiger partial charge in [-0.3, -0.25) is 0 Å². The van der Waals surface area contributed by atoms with Crippen LogP contribution >= 0.6 is 0 Å². The minimum absolute atomic E-state index is 0.122. The fourth-order valence-electron chi connectivity index (χ4n) is 2.87. The molecule has 0 aliphatic carbocycles. The van der Waals surface area contributed by atoms with Crippen LogP contribution < -0.4 is 5.32 Å². The van der Waals surface area contributed by atoms with Crippen molar-refractivity contribution in [2.24, 2.45) is 0 Å². The number of carbonyl (C=O) groups excluding carboxylic acids is 1. The van der Waals surface area contributed by atoms with Crippen molar-refractivity contribution in [2.45, 2.75) is 64.8 Å². The highest BCUT2D eigenvalue weighted by Gasteiger charge is 2.34. The third kappa shape index (κ3) is 5.89. The Balaban J connectivity index is 1.55. The van der Waals surface area contributed by atoms with Gasteiger partial charge >= 0.3 is 6.09 Å². The van der Waals surface area contributed by atoms with Crippen molar-refractivity contribution in [2.75, 3.05) is 25.0 Å². The Bertz CT molecular complexity index is 852. The van der Waals surface area contributed by atoms with Crippen LogP contribution in [0.4, 0.5) is 10.6 Å². The summed E-state index contributed by atoms with van der Waals surface area (Å²) in [5.74, 6) is 0.720. The predicted molar refractivity (Wildman–Crippen MR) is 115 cm³/mol. The van der Waals surface area contributed by atoms with E-state index in [0.29, 0.717) is 19.8 Å². The minimum atomic E-state index is -1.11. The number of hydrogen-bond donors (Lipinski definition) is 1. The van der Waals surface area contributed by atoms with Gasteiger partial charge in [0, 0.05) is 27.8 Å². The van der Waals surface area contributed by atoms with Gasteiger partial charge in [-0.2, -0.15) is 5.10 Å². The summed E-state index contributed by atoms with van der Waals surface area (Å²) in [6.07, 6.45) is 2.99. The van der Waals surface area contributed by atoms with Gasteiger partial charge in [0.2, 0.25) is 0 Å². The molecule has 1 amide bonds. The second-order valence-corrected chi connectivity index (χ2v) is 15.3. The molecule has 160 valence electrons. The predicted octanol–water partition coefficient (Wildman–Crippen LogP) is 3.17. The Hall–Kier alpha value is -2.20. The normalized spacial score (nSPS) is 15.4. The standard InChI is InChI=1S/C19H32N6O3Si/c1-19(2,3)28-18(26)24-10-14(11-24)23-16-15-9-22-25(17(15)21-12-20-16)13-27-7-8-29(4,5)6/h9,12,14H,7-8,10-11,13H2,1-6H3,(H,20,21,23). The van der Waals surface area contributed by atoms with Crippen LogP contribution in [0.25, 0.3) is 11.0 Å². The molecule has 0 spiro atoms. The molecule has 0 unspecified atom stereocenters. The summed E-state index contributed by atoms with van der Waals surface area (Å²) in [6, 6.07) is 1.24. The van der Waals surface area contributed by atoms with E-state index < -0.39 is 13.7 Å². The molecule has 10 heteroatoms. The van der Waals surface area contributed by atoms with Crippen LogP contribution in [0.3, 0.4) is 0 Å². The molecule has 2 aromatic rings. The van der Waals surface area contributed by atoms with Crippen molar-refractivity contribution in [3.05, 3.63) is 12.5 Å². The quantitative estimate of drug-likeness (QED) is 0.543. The summed E-state index contributed by atoms with van der Waals surface area (Å²) < 4.78 is 12.9. The molecule has 1 aliphatic heterocycles. The third-order valence-electron chi connectivity index (χ3n) is 4.52. The summed E-state index contributed by atoms with van der Waals surface area (Å²) >= 11 is 0. The fraction of sp³-hybridized carbons (Fsp3) is 0.684. The summed E-state index contributed by atoms with van der Waals surface area (Å²) in [5.41, 5.74) is 0.249. The first-order valence-electron chi connectivity index (χ1n) is 10.0. The maximum absolute atomic E-state index is 12.1. The molecule has 0 bridgehead atoms. The number of aromatic nitrogens is 4. The molecule has 0 radical (unpaired) electrons. The van der Waals surface area contributed by atoms with Crippen molar-refractivity contribution in [3.8, 4) is 0 Å². The highest BCUT2D eigenvalue weighted by molar-refractivity contribution is 6.76. The topological polar surface area (TPSA) is 94.4 Å². The van der Waals surface area contributed by atoms with Crippen molar-refractivity contribution in [1.82, 2.24) is 24.6 Å². The molecular weight excluding hydrogens is 388 g/mol. The lowest BCUT2D eigenvalue weighted by Gasteiger charge is -2.40. The van der Waals surface area contributed by atoms with E-state index in [9.17, 15) is 4.79 Å². The van der Waals surface area contributed by atoms with Crippen LogP contribution in [-0.4, -0.2) is 70.2 Å². The zero-order valence-electron chi connectivity index (χ0n) is 18.2. The van der Waals surface area contributed by atoms with Gasteiger partial charge in [-0.05, 0) is 26.8 Å². The molecule has 9 nitrogen and oxygen atoms in total. The van der Waals surface area contributed by atoms with Crippen molar-refractivity contribution in [1.29, 1.82) is 0 Å². The van der Waals surface area contributed by atoms with Gasteiger partial charge in [0.1, 0.15) is 24.5 Å². The second-order valence-electron chi connectivity index (χ2n) is 9.68. The molecule has 0 aromatic carbocycles. The molecule has 2 aromatic heterocycles. The van der Waals surface area contributed by atoms with Gasteiger partial charge < -0.3 is 19.7 Å². The fourth-order valence-corrected chi connectivity index (χ4v) is 3.63. The van der Waals surface area contributed by atoms with Gasteiger partial charge in [0.05, 0.1) is 17.6 Å². The lowest BCUT2D eigenvalue weighted by atomic mass is 10.1. The van der Waals surface area contributed by atoms with Gasteiger partial charge in [0.25, 0.3) is 0 Å². The molecule has 1 aliphatic rings. The molecule has 3 rings (SSSR count). The van der Waals surface area contributed by atoms with E-state index in [4.69, 9.17) is 9.47 Å². The second kappa shape index (κ2) is 8.27. The first-order valence-corrected chi connectivity index (χ1v) is 13.7. The van der Waals surface area contributed by atoms with Crippen molar-refractivity contribution in [3.63, 3.8) is 0 Å². The van der Waals surface area contributed by atoms with Crippen LogP contribution in [0.5, 0.6) is 0 Å². The summed E-state index contributed by atoms with van der Waals surface area (Å²) in [4.78, 5) is 22.5. The van der Waals surface area contributed by atoms with E-state index in [1.807, 2.05) is 20.8 Å². The number of nitrogens with zero attached hydrogens (tertiary/aromatic N) is 5. The Kier molecular flexibility index (Phi) is 6.13.